The van der Waals surface area contributed by atoms with Gasteiger partial charge in [0, 0.05) is 23.6 Å². The van der Waals surface area contributed by atoms with E-state index in [1.807, 2.05) is 12.1 Å². The van der Waals surface area contributed by atoms with Crippen molar-refractivity contribution in [1.82, 2.24) is 0 Å². The van der Waals surface area contributed by atoms with Gasteiger partial charge in [0.05, 0.1) is 27.2 Å². The van der Waals surface area contributed by atoms with Gasteiger partial charge in [-0.25, -0.2) is 0 Å². The van der Waals surface area contributed by atoms with Gasteiger partial charge in [0.25, 0.3) is 17.3 Å². The number of rotatable bonds is 3. The molecule has 0 N–H and O–H groups in total. The molecule has 0 aromatic heterocycles. The van der Waals surface area contributed by atoms with Crippen LogP contribution in [0.5, 0.6) is 0 Å². The molecule has 0 bridgehead atoms. The van der Waals surface area contributed by atoms with Gasteiger partial charge in [-0.05, 0) is 24.3 Å². The number of carbonyl (C=O) groups excluding carboxylic acids is 1. The van der Waals surface area contributed by atoms with Crippen LogP contribution in [0.1, 0.15) is 16.8 Å². The predicted octanol–water partition coefficient (Wildman–Crippen LogP) is 3.65. The molecule has 128 valence electrons. The fraction of sp³-hybridized carbons (Fsp3) is 0.188. The van der Waals surface area contributed by atoms with Crippen LogP contribution in [0.3, 0.4) is 0 Å². The standard InChI is InChI=1S/C16H13N3O5S/c20-16(11-8-12(18(21)22)10-13(9-11)19(23)24)17-6-3-7-25-15-5-2-1-4-14(15)17/h1-2,4-5,8-10H,3,6-7H2. The van der Waals surface area contributed by atoms with Gasteiger partial charge in [0.15, 0.2) is 0 Å². The van der Waals surface area contributed by atoms with Gasteiger partial charge in [-0.15, -0.1) is 11.8 Å². The van der Waals surface area contributed by atoms with Crippen LogP contribution >= 0.6 is 11.8 Å². The topological polar surface area (TPSA) is 107 Å². The maximum absolute atomic E-state index is 12.9. The molecule has 2 aromatic rings. The van der Waals surface area contributed by atoms with E-state index in [-0.39, 0.29) is 5.56 Å². The highest BCUT2D eigenvalue weighted by Crippen LogP contribution is 2.35. The highest BCUT2D eigenvalue weighted by Gasteiger charge is 2.26. The normalized spacial score (nSPS) is 13.7. The van der Waals surface area contributed by atoms with E-state index in [0.29, 0.717) is 12.2 Å². The number of carbonyl (C=O) groups is 1. The van der Waals surface area contributed by atoms with Crippen molar-refractivity contribution < 1.29 is 14.6 Å². The Hall–Kier alpha value is -2.94. The lowest BCUT2D eigenvalue weighted by Gasteiger charge is -2.22. The number of anilines is 1. The first-order valence-electron chi connectivity index (χ1n) is 7.45. The second-order valence-corrected chi connectivity index (χ2v) is 6.52. The van der Waals surface area contributed by atoms with Crippen molar-refractivity contribution in [2.75, 3.05) is 17.2 Å². The lowest BCUT2D eigenvalue weighted by Crippen LogP contribution is -2.31. The van der Waals surface area contributed by atoms with E-state index in [0.717, 1.165) is 35.3 Å². The largest absolute Gasteiger partial charge is 0.307 e. The summed E-state index contributed by atoms with van der Waals surface area (Å²) in [7, 11) is 0. The number of fused-ring (bicyclic) bond motifs is 1. The first-order valence-corrected chi connectivity index (χ1v) is 8.43. The van der Waals surface area contributed by atoms with Crippen molar-refractivity contribution in [3.05, 3.63) is 68.3 Å². The zero-order valence-corrected chi connectivity index (χ0v) is 13.8. The molecule has 9 heteroatoms. The van der Waals surface area contributed by atoms with E-state index in [1.54, 1.807) is 23.9 Å². The Kier molecular flexibility index (Phi) is 4.66. The number of hydrogen-bond donors (Lipinski definition) is 0. The van der Waals surface area contributed by atoms with Crippen LogP contribution in [0.15, 0.2) is 47.4 Å². The monoisotopic (exact) mass is 359 g/mol. The van der Waals surface area contributed by atoms with E-state index in [9.17, 15) is 25.0 Å². The predicted molar refractivity (Wildman–Crippen MR) is 93.2 cm³/mol. The van der Waals surface area contributed by atoms with Crippen molar-refractivity contribution in [2.24, 2.45) is 0 Å². The zero-order valence-electron chi connectivity index (χ0n) is 13.0. The number of thioether (sulfide) groups is 1. The van der Waals surface area contributed by atoms with E-state index in [4.69, 9.17) is 0 Å². The number of non-ortho nitro benzene ring substituents is 2. The number of benzene rings is 2. The maximum Gasteiger partial charge on any atom is 0.277 e. The lowest BCUT2D eigenvalue weighted by molar-refractivity contribution is -0.394. The summed E-state index contributed by atoms with van der Waals surface area (Å²) in [5, 5.41) is 22.1. The molecule has 3 rings (SSSR count). The third-order valence-electron chi connectivity index (χ3n) is 3.76. The first-order chi connectivity index (χ1) is 12.0. The molecule has 0 radical (unpaired) electrons. The maximum atomic E-state index is 12.9. The summed E-state index contributed by atoms with van der Waals surface area (Å²) in [5.41, 5.74) is -0.308. The van der Waals surface area contributed by atoms with Gasteiger partial charge in [-0.2, -0.15) is 0 Å². The van der Waals surface area contributed by atoms with Gasteiger partial charge in [0.2, 0.25) is 0 Å². The zero-order chi connectivity index (χ0) is 18.0. The summed E-state index contributed by atoms with van der Waals surface area (Å²) < 4.78 is 0. The third kappa shape index (κ3) is 3.45. The fourth-order valence-corrected chi connectivity index (χ4v) is 3.62. The molecule has 8 nitrogen and oxygen atoms in total. The number of amides is 1. The van der Waals surface area contributed by atoms with Crippen LogP contribution in [0.4, 0.5) is 17.1 Å². The SMILES string of the molecule is O=C(c1cc([N+](=O)[O-])cc([N+](=O)[O-])c1)N1CCCSc2ccccc21. The molecule has 1 heterocycles. The van der Waals surface area contributed by atoms with Crippen molar-refractivity contribution in [3.8, 4) is 0 Å². The Morgan fingerprint density at radius 1 is 1.04 bits per heavy atom. The Bertz CT molecular complexity index is 838. The van der Waals surface area contributed by atoms with Crippen LogP contribution in [-0.4, -0.2) is 28.1 Å². The van der Waals surface area contributed by atoms with Crippen LogP contribution in [-0.2, 0) is 0 Å². The molecule has 1 aliphatic rings. The van der Waals surface area contributed by atoms with E-state index < -0.39 is 27.1 Å². The van der Waals surface area contributed by atoms with Gasteiger partial charge < -0.3 is 4.90 Å². The molecule has 0 spiro atoms. The van der Waals surface area contributed by atoms with E-state index in [1.165, 1.54) is 4.90 Å². The lowest BCUT2D eigenvalue weighted by atomic mass is 10.1. The molecular weight excluding hydrogens is 346 g/mol. The average Bonchev–Trinajstić information content (AvgIpc) is 2.83. The molecule has 0 aliphatic carbocycles. The molecule has 0 atom stereocenters. The molecule has 2 aromatic carbocycles. The molecule has 25 heavy (non-hydrogen) atoms. The Labute approximate surface area is 146 Å². The summed E-state index contributed by atoms with van der Waals surface area (Å²) in [6.07, 6.45) is 0.752. The molecule has 0 fully saturated rings. The number of hydrogen-bond acceptors (Lipinski definition) is 6. The van der Waals surface area contributed by atoms with Crippen LogP contribution < -0.4 is 4.90 Å². The summed E-state index contributed by atoms with van der Waals surface area (Å²) in [5.74, 6) is 0.359. The summed E-state index contributed by atoms with van der Waals surface area (Å²) in [6, 6.07) is 10.4. The highest BCUT2D eigenvalue weighted by atomic mass is 32.2. The molecule has 0 saturated carbocycles. The van der Waals surface area contributed by atoms with Gasteiger partial charge >= 0.3 is 0 Å². The molecule has 0 unspecified atom stereocenters. The minimum absolute atomic E-state index is 0.0670. The summed E-state index contributed by atoms with van der Waals surface area (Å²) in [4.78, 5) is 36.0. The van der Waals surface area contributed by atoms with Crippen molar-refractivity contribution >= 4 is 34.7 Å². The van der Waals surface area contributed by atoms with Gasteiger partial charge in [0.1, 0.15) is 0 Å². The molecule has 1 aliphatic heterocycles. The van der Waals surface area contributed by atoms with E-state index in [2.05, 4.69) is 0 Å². The second-order valence-electron chi connectivity index (χ2n) is 5.38. The van der Waals surface area contributed by atoms with Crippen LogP contribution in [0, 0.1) is 20.2 Å². The Morgan fingerprint density at radius 3 is 2.32 bits per heavy atom. The van der Waals surface area contributed by atoms with Gasteiger partial charge in [-0.3, -0.25) is 25.0 Å². The van der Waals surface area contributed by atoms with E-state index >= 15 is 0 Å². The minimum atomic E-state index is -0.740. The second kappa shape index (κ2) is 6.89. The quantitative estimate of drug-likeness (QED) is 0.611. The smallest absolute Gasteiger partial charge is 0.277 e. The number of nitro groups is 2. The number of nitrogens with zero attached hydrogens (tertiary/aromatic N) is 3. The van der Waals surface area contributed by atoms with Crippen LogP contribution in [0.2, 0.25) is 0 Å². The first kappa shape index (κ1) is 16.9. The fourth-order valence-electron chi connectivity index (χ4n) is 2.62. The summed E-state index contributed by atoms with van der Waals surface area (Å²) in [6.45, 7) is 0.444. The van der Waals surface area contributed by atoms with Crippen LogP contribution in [0.25, 0.3) is 0 Å². The third-order valence-corrected chi connectivity index (χ3v) is 4.90. The molecule has 0 saturated heterocycles. The number of para-hydroxylation sites is 1. The highest BCUT2D eigenvalue weighted by molar-refractivity contribution is 7.99. The number of nitro benzene ring substituents is 2. The minimum Gasteiger partial charge on any atom is -0.307 e. The Morgan fingerprint density at radius 2 is 1.68 bits per heavy atom. The molecule has 1 amide bonds. The van der Waals surface area contributed by atoms with Gasteiger partial charge in [-0.1, -0.05) is 12.1 Å². The Balaban J connectivity index is 2.06. The summed E-state index contributed by atoms with van der Waals surface area (Å²) >= 11 is 1.63. The van der Waals surface area contributed by atoms with Crippen molar-refractivity contribution in [2.45, 2.75) is 11.3 Å². The molecular formula is C16H13N3O5S. The average molecular weight is 359 g/mol. The van der Waals surface area contributed by atoms with Crippen molar-refractivity contribution in [1.29, 1.82) is 0 Å². The van der Waals surface area contributed by atoms with Crippen molar-refractivity contribution in [3.63, 3.8) is 0 Å².